The molecule has 0 amide bonds. The van der Waals surface area contributed by atoms with E-state index < -0.39 is 0 Å². The molecule has 1 unspecified atom stereocenters. The molecule has 0 aromatic heterocycles. The fourth-order valence-electron chi connectivity index (χ4n) is 0.436. The lowest BCUT2D eigenvalue weighted by Crippen LogP contribution is -2.28. The summed E-state index contributed by atoms with van der Waals surface area (Å²) in [6.07, 6.45) is 0.370. The third kappa shape index (κ3) is 5.53. The number of nitrogens with one attached hydrogen (secondary N) is 1. The average molecular weight is 129 g/mol. The Kier molecular flexibility index (Phi) is 4.36. The molecule has 0 aliphatic heterocycles. The van der Waals surface area contributed by atoms with Gasteiger partial charge in [-0.15, -0.1) is 0 Å². The van der Waals surface area contributed by atoms with Crippen molar-refractivity contribution < 1.29 is 5.11 Å². The Morgan fingerprint density at radius 1 is 1.78 bits per heavy atom. The monoisotopic (exact) mass is 129 g/mol. The van der Waals surface area contributed by atoms with Crippen LogP contribution in [0.3, 0.4) is 0 Å². The van der Waals surface area contributed by atoms with Gasteiger partial charge in [-0.05, 0) is 13.3 Å². The van der Waals surface area contributed by atoms with Gasteiger partial charge in [0.05, 0.1) is 0 Å². The molecule has 0 aromatic carbocycles. The van der Waals surface area contributed by atoms with Crippen molar-refractivity contribution >= 4 is 0 Å². The van der Waals surface area contributed by atoms with Crippen LogP contribution in [-0.4, -0.2) is 17.9 Å². The van der Waals surface area contributed by atoms with Crippen LogP contribution in [0.5, 0.6) is 0 Å². The minimum Gasteiger partial charge on any atom is -0.379 e. The zero-order chi connectivity index (χ0) is 7.28. The van der Waals surface area contributed by atoms with Gasteiger partial charge in [0.25, 0.3) is 0 Å². The predicted molar refractivity (Wildman–Crippen MR) is 39.1 cm³/mol. The van der Waals surface area contributed by atoms with E-state index in [1.807, 2.05) is 13.8 Å². The van der Waals surface area contributed by atoms with Crippen molar-refractivity contribution in [2.45, 2.75) is 26.5 Å². The largest absolute Gasteiger partial charge is 0.379 e. The highest BCUT2D eigenvalue weighted by atomic mass is 16.3. The van der Waals surface area contributed by atoms with Crippen LogP contribution in [0.1, 0.15) is 20.3 Å². The molecule has 2 N–H and O–H groups in total. The van der Waals surface area contributed by atoms with Gasteiger partial charge in [-0.25, -0.2) is 0 Å². The van der Waals surface area contributed by atoms with E-state index in [4.69, 9.17) is 5.11 Å². The molecule has 2 heteroatoms. The van der Waals surface area contributed by atoms with E-state index in [2.05, 4.69) is 11.9 Å². The topological polar surface area (TPSA) is 32.3 Å². The molecule has 2 nitrogen and oxygen atoms in total. The van der Waals surface area contributed by atoms with Crippen molar-refractivity contribution in [2.75, 3.05) is 6.54 Å². The highest BCUT2D eigenvalue weighted by molar-refractivity contribution is 4.90. The van der Waals surface area contributed by atoms with Crippen molar-refractivity contribution in [1.29, 1.82) is 0 Å². The summed E-state index contributed by atoms with van der Waals surface area (Å²) < 4.78 is 0. The van der Waals surface area contributed by atoms with Crippen molar-refractivity contribution in [3.05, 3.63) is 12.2 Å². The molecule has 9 heavy (non-hydrogen) atoms. The summed E-state index contributed by atoms with van der Waals surface area (Å²) in [5.74, 6) is 0. The molecule has 0 aliphatic rings. The van der Waals surface area contributed by atoms with Gasteiger partial charge in [0.2, 0.25) is 0 Å². The quantitative estimate of drug-likeness (QED) is 0.436. The molecule has 0 rings (SSSR count). The van der Waals surface area contributed by atoms with E-state index in [1.165, 1.54) is 0 Å². The lowest BCUT2D eigenvalue weighted by Gasteiger charge is -2.08. The molecule has 0 fully saturated rings. The van der Waals surface area contributed by atoms with Crippen LogP contribution in [0, 0.1) is 0 Å². The SMILES string of the molecule is C=C(C)CNC(O)CC. The number of aliphatic hydroxyl groups excluding tert-OH is 1. The maximum atomic E-state index is 8.95. The van der Waals surface area contributed by atoms with E-state index >= 15 is 0 Å². The number of rotatable bonds is 4. The minimum absolute atomic E-state index is 0.373. The van der Waals surface area contributed by atoms with Crippen molar-refractivity contribution in [1.82, 2.24) is 5.32 Å². The van der Waals surface area contributed by atoms with Crippen LogP contribution in [0.25, 0.3) is 0 Å². The maximum Gasteiger partial charge on any atom is 0.104 e. The molecule has 1 atom stereocenters. The first kappa shape index (κ1) is 8.66. The Morgan fingerprint density at radius 2 is 2.33 bits per heavy atom. The summed E-state index contributed by atoms with van der Waals surface area (Å²) in [6, 6.07) is 0. The summed E-state index contributed by atoms with van der Waals surface area (Å²) in [5.41, 5.74) is 1.04. The second-order valence-corrected chi connectivity index (χ2v) is 2.26. The van der Waals surface area contributed by atoms with Crippen LogP contribution < -0.4 is 5.32 Å². The molecule has 0 heterocycles. The van der Waals surface area contributed by atoms with Gasteiger partial charge in [-0.2, -0.15) is 0 Å². The lowest BCUT2D eigenvalue weighted by molar-refractivity contribution is 0.137. The van der Waals surface area contributed by atoms with Crippen LogP contribution in [0.2, 0.25) is 0 Å². The van der Waals surface area contributed by atoms with Gasteiger partial charge in [-0.1, -0.05) is 19.1 Å². The highest BCUT2D eigenvalue weighted by Crippen LogP contribution is 1.86. The van der Waals surface area contributed by atoms with Crippen LogP contribution in [0.15, 0.2) is 12.2 Å². The molecule has 0 aromatic rings. The number of hydrogen-bond acceptors (Lipinski definition) is 2. The Bertz CT molecular complexity index is 90.9. The van der Waals surface area contributed by atoms with Crippen LogP contribution >= 0.6 is 0 Å². The molecular weight excluding hydrogens is 114 g/mol. The van der Waals surface area contributed by atoms with Gasteiger partial charge in [0.15, 0.2) is 0 Å². The Labute approximate surface area is 56.6 Å². The smallest absolute Gasteiger partial charge is 0.104 e. The molecule has 0 aliphatic carbocycles. The molecule has 0 saturated heterocycles. The van der Waals surface area contributed by atoms with E-state index in [9.17, 15) is 0 Å². The second-order valence-electron chi connectivity index (χ2n) is 2.26. The van der Waals surface area contributed by atoms with Gasteiger partial charge in [-0.3, -0.25) is 5.32 Å². The van der Waals surface area contributed by atoms with Crippen molar-refractivity contribution in [3.8, 4) is 0 Å². The summed E-state index contributed by atoms with van der Waals surface area (Å²) in [7, 11) is 0. The van der Waals surface area contributed by atoms with Gasteiger partial charge >= 0.3 is 0 Å². The highest BCUT2D eigenvalue weighted by Gasteiger charge is 1.95. The Morgan fingerprint density at radius 3 is 2.67 bits per heavy atom. The summed E-state index contributed by atoms with van der Waals surface area (Å²) >= 11 is 0. The summed E-state index contributed by atoms with van der Waals surface area (Å²) in [4.78, 5) is 0. The summed E-state index contributed by atoms with van der Waals surface area (Å²) in [5, 5.41) is 11.8. The fourth-order valence-corrected chi connectivity index (χ4v) is 0.436. The minimum atomic E-state index is -0.373. The predicted octanol–water partition coefficient (Wildman–Crippen LogP) is 0.881. The van der Waals surface area contributed by atoms with Crippen molar-refractivity contribution in [3.63, 3.8) is 0 Å². The van der Waals surface area contributed by atoms with Crippen LogP contribution in [-0.2, 0) is 0 Å². The molecule has 0 saturated carbocycles. The number of hydrogen-bond donors (Lipinski definition) is 2. The first-order chi connectivity index (χ1) is 4.16. The van der Waals surface area contributed by atoms with Crippen LogP contribution in [0.4, 0.5) is 0 Å². The molecule has 0 radical (unpaired) electrons. The third-order valence-corrected chi connectivity index (χ3v) is 1.03. The first-order valence-corrected chi connectivity index (χ1v) is 3.22. The fraction of sp³-hybridized carbons (Fsp3) is 0.714. The third-order valence-electron chi connectivity index (χ3n) is 1.03. The number of aliphatic hydroxyl groups is 1. The van der Waals surface area contributed by atoms with Crippen molar-refractivity contribution in [2.24, 2.45) is 0 Å². The Hall–Kier alpha value is -0.340. The zero-order valence-corrected chi connectivity index (χ0v) is 6.15. The lowest BCUT2D eigenvalue weighted by atomic mass is 10.3. The molecule has 0 bridgehead atoms. The van der Waals surface area contributed by atoms with E-state index in [1.54, 1.807) is 0 Å². The molecular formula is C7H15NO. The standard InChI is InChI=1S/C7H15NO/c1-4-7(9)8-5-6(2)3/h7-9H,2,4-5H2,1,3H3. The Balaban J connectivity index is 3.16. The zero-order valence-electron chi connectivity index (χ0n) is 6.15. The van der Waals surface area contributed by atoms with E-state index in [-0.39, 0.29) is 6.23 Å². The average Bonchev–Trinajstić information content (AvgIpc) is 1.83. The second kappa shape index (κ2) is 4.53. The molecule has 0 spiro atoms. The normalized spacial score (nSPS) is 13.2. The summed E-state index contributed by atoms with van der Waals surface area (Å²) in [6.45, 7) is 8.24. The van der Waals surface area contributed by atoms with E-state index in [0.717, 1.165) is 12.0 Å². The molecule has 54 valence electrons. The van der Waals surface area contributed by atoms with E-state index in [0.29, 0.717) is 6.54 Å². The van der Waals surface area contributed by atoms with Gasteiger partial charge in [0.1, 0.15) is 6.23 Å². The first-order valence-electron chi connectivity index (χ1n) is 3.22. The van der Waals surface area contributed by atoms with Gasteiger partial charge in [0, 0.05) is 6.54 Å². The van der Waals surface area contributed by atoms with Gasteiger partial charge < -0.3 is 5.11 Å². The maximum absolute atomic E-state index is 8.95.